The first kappa shape index (κ1) is 23.5. The third kappa shape index (κ3) is 6.43. The molecule has 1 fully saturated rings. The van der Waals surface area contributed by atoms with E-state index in [0.717, 1.165) is 58.7 Å². The summed E-state index contributed by atoms with van der Waals surface area (Å²) in [6.45, 7) is 10.6. The average molecular weight is 430 g/mol. The van der Waals surface area contributed by atoms with Crippen molar-refractivity contribution in [2.45, 2.75) is 45.7 Å². The number of amides is 1. The maximum absolute atomic E-state index is 12.8. The van der Waals surface area contributed by atoms with Crippen molar-refractivity contribution in [1.29, 1.82) is 0 Å². The number of benzene rings is 1. The first-order valence-electron chi connectivity index (χ1n) is 11.8. The van der Waals surface area contributed by atoms with Gasteiger partial charge in [-0.3, -0.25) is 14.7 Å². The van der Waals surface area contributed by atoms with E-state index in [1.165, 1.54) is 11.1 Å². The van der Waals surface area contributed by atoms with Crippen molar-refractivity contribution < 1.29 is 9.53 Å². The predicted molar refractivity (Wildman–Crippen MR) is 125 cm³/mol. The van der Waals surface area contributed by atoms with Crippen LogP contribution in [0.2, 0.25) is 0 Å². The van der Waals surface area contributed by atoms with Crippen molar-refractivity contribution in [3.05, 3.63) is 35.4 Å². The van der Waals surface area contributed by atoms with Crippen molar-refractivity contribution in [2.75, 3.05) is 53.0 Å². The summed E-state index contributed by atoms with van der Waals surface area (Å²) in [5, 5.41) is 6.70. The minimum Gasteiger partial charge on any atom is -0.379 e. The Labute approximate surface area is 187 Å². The fourth-order valence-electron chi connectivity index (χ4n) is 4.74. The number of nitrogens with zero attached hydrogens (tertiary/aromatic N) is 3. The van der Waals surface area contributed by atoms with Crippen molar-refractivity contribution in [3.63, 3.8) is 0 Å². The Kier molecular flexibility index (Phi) is 9.15. The number of rotatable bonds is 8. The summed E-state index contributed by atoms with van der Waals surface area (Å²) in [7, 11) is 1.76. The molecule has 1 amide bonds. The first-order chi connectivity index (χ1) is 15.2. The number of morpholine rings is 1. The summed E-state index contributed by atoms with van der Waals surface area (Å²) in [4.78, 5) is 21.6. The van der Waals surface area contributed by atoms with Crippen LogP contribution in [-0.4, -0.2) is 80.7 Å². The van der Waals surface area contributed by atoms with Gasteiger partial charge < -0.3 is 20.3 Å². The minimum atomic E-state index is 0.113. The Morgan fingerprint density at radius 3 is 2.48 bits per heavy atom. The van der Waals surface area contributed by atoms with Gasteiger partial charge in [0.1, 0.15) is 0 Å². The topological polar surface area (TPSA) is 69.2 Å². The van der Waals surface area contributed by atoms with Crippen molar-refractivity contribution in [2.24, 2.45) is 10.9 Å². The van der Waals surface area contributed by atoms with Crippen LogP contribution in [0.15, 0.2) is 29.3 Å². The normalized spacial score (nSPS) is 18.6. The third-order valence-corrected chi connectivity index (χ3v) is 6.70. The Hall–Kier alpha value is -2.12. The highest BCUT2D eigenvalue weighted by molar-refractivity contribution is 5.86. The van der Waals surface area contributed by atoms with E-state index in [-0.39, 0.29) is 12.5 Å². The first-order valence-corrected chi connectivity index (χ1v) is 11.8. The lowest BCUT2D eigenvalue weighted by atomic mass is 9.92. The molecule has 0 radical (unpaired) electrons. The lowest BCUT2D eigenvalue weighted by Crippen LogP contribution is -2.54. The van der Waals surface area contributed by atoms with Crippen LogP contribution in [0.4, 0.5) is 0 Å². The molecule has 2 N–H and O–H groups in total. The summed E-state index contributed by atoms with van der Waals surface area (Å²) in [6.07, 6.45) is 3.23. The molecular weight excluding hydrogens is 390 g/mol. The third-order valence-electron chi connectivity index (χ3n) is 6.70. The van der Waals surface area contributed by atoms with Crippen LogP contribution in [0.3, 0.4) is 0 Å². The smallest absolute Gasteiger partial charge is 0.242 e. The van der Waals surface area contributed by atoms with Gasteiger partial charge in [0.15, 0.2) is 5.96 Å². The van der Waals surface area contributed by atoms with Crippen LogP contribution in [0.5, 0.6) is 0 Å². The molecule has 2 aliphatic heterocycles. The number of carbonyl (C=O) groups excluding carboxylic acids is 1. The molecule has 3 rings (SSSR count). The molecule has 1 aromatic rings. The number of nitrogens with one attached hydrogen (secondary N) is 2. The molecule has 1 unspecified atom stereocenters. The second-order valence-corrected chi connectivity index (χ2v) is 8.43. The van der Waals surface area contributed by atoms with Gasteiger partial charge in [0.2, 0.25) is 5.91 Å². The Morgan fingerprint density at radius 2 is 1.81 bits per heavy atom. The van der Waals surface area contributed by atoms with Crippen molar-refractivity contribution in [3.8, 4) is 0 Å². The van der Waals surface area contributed by atoms with E-state index in [0.29, 0.717) is 24.5 Å². The van der Waals surface area contributed by atoms with E-state index in [1.807, 2.05) is 11.0 Å². The number of aliphatic imine (C=N–C) groups is 1. The summed E-state index contributed by atoms with van der Waals surface area (Å²) in [6, 6.07) is 8.82. The molecule has 1 saturated heterocycles. The lowest BCUT2D eigenvalue weighted by molar-refractivity contribution is -0.130. The largest absolute Gasteiger partial charge is 0.379 e. The molecule has 0 spiro atoms. The predicted octanol–water partition coefficient (Wildman–Crippen LogP) is 1.87. The summed E-state index contributed by atoms with van der Waals surface area (Å²) in [5.74, 6) is 1.43. The molecule has 2 aliphatic rings. The van der Waals surface area contributed by atoms with Crippen LogP contribution in [0.25, 0.3) is 0 Å². The lowest BCUT2D eigenvalue weighted by Gasteiger charge is -2.39. The molecular formula is C24H39N5O2. The molecule has 2 heterocycles. The Balaban J connectivity index is 1.50. The van der Waals surface area contributed by atoms with Gasteiger partial charge in [-0.2, -0.15) is 0 Å². The summed E-state index contributed by atoms with van der Waals surface area (Å²) < 4.78 is 5.55. The highest BCUT2D eigenvalue weighted by Gasteiger charge is 2.27. The quantitative estimate of drug-likeness (QED) is 0.488. The maximum atomic E-state index is 12.8. The van der Waals surface area contributed by atoms with Gasteiger partial charge in [0.25, 0.3) is 0 Å². The van der Waals surface area contributed by atoms with Gasteiger partial charge in [-0.25, -0.2) is 0 Å². The van der Waals surface area contributed by atoms with Crippen LogP contribution in [0, 0.1) is 5.92 Å². The van der Waals surface area contributed by atoms with Crippen LogP contribution in [-0.2, 0) is 22.5 Å². The molecule has 172 valence electrons. The molecule has 0 aliphatic carbocycles. The van der Waals surface area contributed by atoms with E-state index in [1.54, 1.807) is 7.05 Å². The highest BCUT2D eigenvalue weighted by atomic mass is 16.5. The molecule has 0 aromatic heterocycles. The van der Waals surface area contributed by atoms with Gasteiger partial charge in [0, 0.05) is 45.8 Å². The molecule has 0 saturated carbocycles. The van der Waals surface area contributed by atoms with E-state index in [4.69, 9.17) is 4.74 Å². The second-order valence-electron chi connectivity index (χ2n) is 8.43. The summed E-state index contributed by atoms with van der Waals surface area (Å²) in [5.41, 5.74) is 2.61. The summed E-state index contributed by atoms with van der Waals surface area (Å²) >= 11 is 0. The number of carbonyl (C=O) groups is 1. The van der Waals surface area contributed by atoms with Gasteiger partial charge in [-0.05, 0) is 23.5 Å². The minimum absolute atomic E-state index is 0.113. The van der Waals surface area contributed by atoms with Crippen LogP contribution >= 0.6 is 0 Å². The number of ether oxygens (including phenoxy) is 1. The van der Waals surface area contributed by atoms with Crippen molar-refractivity contribution >= 4 is 11.9 Å². The fraction of sp³-hybridized carbons (Fsp3) is 0.667. The SMILES string of the molecule is CCC(CC)C(CNC(=NC)NCC(=O)N1CCc2ccccc2C1)N1CCOCC1. The Morgan fingerprint density at radius 1 is 1.10 bits per heavy atom. The molecule has 7 heteroatoms. The number of guanidine groups is 1. The van der Waals surface area contributed by atoms with Gasteiger partial charge in [0.05, 0.1) is 19.8 Å². The number of hydrogen-bond acceptors (Lipinski definition) is 4. The fourth-order valence-corrected chi connectivity index (χ4v) is 4.74. The molecule has 7 nitrogen and oxygen atoms in total. The van der Waals surface area contributed by atoms with Crippen molar-refractivity contribution in [1.82, 2.24) is 20.4 Å². The monoisotopic (exact) mass is 429 g/mol. The zero-order valence-electron chi connectivity index (χ0n) is 19.4. The van der Waals surface area contributed by atoms with E-state index < -0.39 is 0 Å². The zero-order chi connectivity index (χ0) is 22.1. The number of fused-ring (bicyclic) bond motifs is 1. The van der Waals surface area contributed by atoms with Gasteiger partial charge in [-0.1, -0.05) is 51.0 Å². The number of hydrogen-bond donors (Lipinski definition) is 2. The molecule has 1 aromatic carbocycles. The molecule has 31 heavy (non-hydrogen) atoms. The second kappa shape index (κ2) is 12.1. The van der Waals surface area contributed by atoms with Gasteiger partial charge in [-0.15, -0.1) is 0 Å². The molecule has 0 bridgehead atoms. The standard InChI is InChI=1S/C24H39N5O2/c1-4-19(5-2)22(28-12-14-31-15-13-28)16-26-24(25-3)27-17-23(30)29-11-10-20-8-6-7-9-21(20)18-29/h6-9,19,22H,4-5,10-18H2,1-3H3,(H2,25,26,27). The van der Waals surface area contributed by atoms with E-state index >= 15 is 0 Å². The zero-order valence-corrected chi connectivity index (χ0v) is 19.4. The van der Waals surface area contributed by atoms with E-state index in [9.17, 15) is 4.79 Å². The molecule has 1 atom stereocenters. The average Bonchev–Trinajstić information content (AvgIpc) is 2.83. The maximum Gasteiger partial charge on any atom is 0.242 e. The highest BCUT2D eigenvalue weighted by Crippen LogP contribution is 2.20. The Bertz CT molecular complexity index is 728. The van der Waals surface area contributed by atoms with Crippen LogP contribution < -0.4 is 10.6 Å². The van der Waals surface area contributed by atoms with E-state index in [2.05, 4.69) is 52.6 Å². The van der Waals surface area contributed by atoms with Crippen LogP contribution in [0.1, 0.15) is 37.8 Å². The van der Waals surface area contributed by atoms with Gasteiger partial charge >= 0.3 is 0 Å².